The van der Waals surface area contributed by atoms with Crippen LogP contribution in [0.25, 0.3) is 22.2 Å². The molecule has 4 rings (SSSR count). The first kappa shape index (κ1) is 24.2. The van der Waals surface area contributed by atoms with E-state index < -0.39 is 15.9 Å². The van der Waals surface area contributed by atoms with Gasteiger partial charge in [-0.2, -0.15) is 0 Å². The van der Waals surface area contributed by atoms with Gasteiger partial charge in [-0.15, -0.1) is 0 Å². The highest BCUT2D eigenvalue weighted by atomic mass is 32.2. The highest BCUT2D eigenvalue weighted by molar-refractivity contribution is 7.90. The van der Waals surface area contributed by atoms with Crippen LogP contribution in [0.1, 0.15) is 36.8 Å². The van der Waals surface area contributed by atoms with Crippen LogP contribution in [0.15, 0.2) is 71.6 Å². The van der Waals surface area contributed by atoms with Crippen LogP contribution in [-0.4, -0.2) is 31.4 Å². The van der Waals surface area contributed by atoms with Crippen LogP contribution in [-0.2, 0) is 15.4 Å². The van der Waals surface area contributed by atoms with Crippen LogP contribution < -0.4 is 15.2 Å². The third kappa shape index (κ3) is 4.95. The predicted molar refractivity (Wildman–Crippen MR) is 136 cm³/mol. The van der Waals surface area contributed by atoms with Crippen LogP contribution in [0.5, 0.6) is 5.75 Å². The van der Waals surface area contributed by atoms with Gasteiger partial charge in [-0.05, 0) is 53.4 Å². The second kappa shape index (κ2) is 8.99. The van der Waals surface area contributed by atoms with Gasteiger partial charge in [0.25, 0.3) is 15.9 Å². The number of nitrogens with zero attached hydrogens (tertiary/aromatic N) is 2. The number of nitrogen functional groups attached to an aromatic ring is 1. The van der Waals surface area contributed by atoms with E-state index >= 15 is 0 Å². The fraction of sp³-hybridized carbons (Fsp3) is 0.192. The third-order valence-corrected chi connectivity index (χ3v) is 6.91. The molecule has 0 radical (unpaired) electrons. The highest BCUT2D eigenvalue weighted by Gasteiger charge is 2.26. The van der Waals surface area contributed by atoms with E-state index in [-0.39, 0.29) is 21.8 Å². The molecule has 0 aliphatic carbocycles. The molecule has 0 spiro atoms. The molecule has 2 aromatic heterocycles. The number of amides is 1. The number of carbonyl (C=O) groups is 1. The van der Waals surface area contributed by atoms with Crippen LogP contribution >= 0.6 is 0 Å². The highest BCUT2D eigenvalue weighted by Crippen LogP contribution is 2.31. The van der Waals surface area contributed by atoms with Gasteiger partial charge in [0.1, 0.15) is 22.2 Å². The zero-order chi connectivity index (χ0) is 25.4. The van der Waals surface area contributed by atoms with Gasteiger partial charge in [0, 0.05) is 10.9 Å². The standard InChI is InChI=1S/C26H26N4O4S/c1-26(2,3)16-11-14-22(34-4)23(15-16)35(32,33)30-25(31)21-13-12-18-17(7-5-8-19(18)28-21)20-9-6-10-24(27)29-20/h5-15H,1-4H3,(H2,27,29)(H,30,31). The van der Waals surface area contributed by atoms with E-state index in [2.05, 4.69) is 14.7 Å². The molecule has 0 atom stereocenters. The number of ether oxygens (including phenoxy) is 1. The molecule has 0 unspecified atom stereocenters. The Morgan fingerprint density at radius 3 is 2.40 bits per heavy atom. The average molecular weight is 491 g/mol. The molecule has 2 heterocycles. The van der Waals surface area contributed by atoms with E-state index in [9.17, 15) is 13.2 Å². The monoisotopic (exact) mass is 490 g/mol. The van der Waals surface area contributed by atoms with Crippen LogP contribution in [0.4, 0.5) is 5.82 Å². The number of rotatable bonds is 5. The molecule has 0 saturated heterocycles. The molecule has 0 aliphatic heterocycles. The zero-order valence-corrected chi connectivity index (χ0v) is 20.7. The Labute approximate surface area is 204 Å². The van der Waals surface area contributed by atoms with E-state index in [1.165, 1.54) is 19.2 Å². The second-order valence-electron chi connectivity index (χ2n) is 9.07. The third-order valence-electron chi connectivity index (χ3n) is 5.56. The second-order valence-corrected chi connectivity index (χ2v) is 10.7. The van der Waals surface area contributed by atoms with E-state index in [0.29, 0.717) is 17.0 Å². The molecule has 0 aliphatic rings. The Morgan fingerprint density at radius 2 is 1.71 bits per heavy atom. The number of methoxy groups -OCH3 is 1. The van der Waals surface area contributed by atoms with Crippen LogP contribution in [0.2, 0.25) is 0 Å². The van der Waals surface area contributed by atoms with Crippen LogP contribution in [0, 0.1) is 0 Å². The number of carbonyl (C=O) groups excluding carboxylic acids is 1. The number of fused-ring (bicyclic) bond motifs is 1. The Balaban J connectivity index is 1.69. The SMILES string of the molecule is COc1ccc(C(C)(C)C)cc1S(=O)(=O)NC(=O)c1ccc2c(-c3cccc(N)n3)cccc2n1. The number of anilines is 1. The van der Waals surface area contributed by atoms with Crippen molar-refractivity contribution in [2.24, 2.45) is 0 Å². The summed E-state index contributed by atoms with van der Waals surface area (Å²) < 4.78 is 33.7. The lowest BCUT2D eigenvalue weighted by Crippen LogP contribution is -2.31. The summed E-state index contributed by atoms with van der Waals surface area (Å²) in [5.74, 6) is -0.314. The molecule has 8 nitrogen and oxygen atoms in total. The molecule has 2 aromatic carbocycles. The molecule has 0 bridgehead atoms. The first-order valence-electron chi connectivity index (χ1n) is 10.9. The maximum Gasteiger partial charge on any atom is 0.283 e. The summed E-state index contributed by atoms with van der Waals surface area (Å²) in [5.41, 5.74) is 8.26. The maximum absolute atomic E-state index is 13.1. The molecule has 35 heavy (non-hydrogen) atoms. The first-order chi connectivity index (χ1) is 16.5. The number of benzene rings is 2. The Morgan fingerprint density at radius 1 is 0.971 bits per heavy atom. The summed E-state index contributed by atoms with van der Waals surface area (Å²) in [6.45, 7) is 5.91. The van der Waals surface area contributed by atoms with Gasteiger partial charge in [0.15, 0.2) is 0 Å². The van der Waals surface area contributed by atoms with E-state index in [1.807, 2.05) is 32.9 Å². The fourth-order valence-electron chi connectivity index (χ4n) is 3.69. The largest absolute Gasteiger partial charge is 0.495 e. The van der Waals surface area contributed by atoms with Crippen molar-refractivity contribution in [2.45, 2.75) is 31.1 Å². The van der Waals surface area contributed by atoms with Gasteiger partial charge in [-0.1, -0.05) is 45.0 Å². The molecule has 1 amide bonds. The van der Waals surface area contributed by atoms with Crippen molar-refractivity contribution in [3.63, 3.8) is 0 Å². The van der Waals surface area contributed by atoms with Gasteiger partial charge < -0.3 is 10.5 Å². The summed E-state index contributed by atoms with van der Waals surface area (Å²) in [6.07, 6.45) is 0. The summed E-state index contributed by atoms with van der Waals surface area (Å²) in [6, 6.07) is 18.8. The molecule has 0 fully saturated rings. The minimum atomic E-state index is -4.23. The smallest absolute Gasteiger partial charge is 0.283 e. The Kier molecular flexibility index (Phi) is 6.21. The van der Waals surface area contributed by atoms with Crippen molar-refractivity contribution in [3.8, 4) is 17.0 Å². The predicted octanol–water partition coefficient (Wildman–Crippen LogP) is 4.30. The number of nitrogens with one attached hydrogen (secondary N) is 1. The minimum absolute atomic E-state index is 0.0373. The molecule has 3 N–H and O–H groups in total. The van der Waals surface area contributed by atoms with E-state index in [1.54, 1.807) is 42.5 Å². The number of sulfonamides is 1. The summed E-state index contributed by atoms with van der Waals surface area (Å²) in [5, 5.41) is 0.754. The van der Waals surface area contributed by atoms with Crippen molar-refractivity contribution in [3.05, 3.63) is 78.0 Å². The maximum atomic E-state index is 13.1. The lowest BCUT2D eigenvalue weighted by atomic mass is 9.87. The van der Waals surface area contributed by atoms with Gasteiger partial charge in [-0.3, -0.25) is 4.79 Å². The summed E-state index contributed by atoms with van der Waals surface area (Å²) in [7, 11) is -2.85. The average Bonchev–Trinajstić information content (AvgIpc) is 2.82. The van der Waals surface area contributed by atoms with Crippen molar-refractivity contribution >= 4 is 32.7 Å². The Bertz CT molecular complexity index is 1540. The molecule has 4 aromatic rings. The Hall–Kier alpha value is -3.98. The summed E-state index contributed by atoms with van der Waals surface area (Å²) in [4.78, 5) is 21.6. The molecule has 0 saturated carbocycles. The molecule has 9 heteroatoms. The van der Waals surface area contributed by atoms with Gasteiger partial charge in [0.05, 0.1) is 18.3 Å². The quantitative estimate of drug-likeness (QED) is 0.427. The number of hydrogen-bond donors (Lipinski definition) is 2. The van der Waals surface area contributed by atoms with E-state index in [0.717, 1.165) is 16.5 Å². The first-order valence-corrected chi connectivity index (χ1v) is 12.4. The minimum Gasteiger partial charge on any atom is -0.495 e. The van der Waals surface area contributed by atoms with Crippen molar-refractivity contribution in [2.75, 3.05) is 12.8 Å². The lowest BCUT2D eigenvalue weighted by Gasteiger charge is -2.21. The van der Waals surface area contributed by atoms with Crippen molar-refractivity contribution in [1.29, 1.82) is 0 Å². The number of hydrogen-bond acceptors (Lipinski definition) is 7. The summed E-state index contributed by atoms with van der Waals surface area (Å²) >= 11 is 0. The van der Waals surface area contributed by atoms with Crippen molar-refractivity contribution in [1.82, 2.24) is 14.7 Å². The van der Waals surface area contributed by atoms with E-state index in [4.69, 9.17) is 10.5 Å². The fourth-order valence-corrected chi connectivity index (χ4v) is 4.85. The van der Waals surface area contributed by atoms with Crippen LogP contribution in [0.3, 0.4) is 0 Å². The topological polar surface area (TPSA) is 124 Å². The zero-order valence-electron chi connectivity index (χ0n) is 19.9. The van der Waals surface area contributed by atoms with Gasteiger partial charge in [0.2, 0.25) is 0 Å². The number of pyridine rings is 2. The molecule has 180 valence electrons. The molecular formula is C26H26N4O4S. The number of nitrogens with two attached hydrogens (primary N) is 1. The lowest BCUT2D eigenvalue weighted by molar-refractivity contribution is 0.0977. The van der Waals surface area contributed by atoms with Crippen molar-refractivity contribution < 1.29 is 17.9 Å². The number of aromatic nitrogens is 2. The van der Waals surface area contributed by atoms with Gasteiger partial charge in [-0.25, -0.2) is 23.1 Å². The van der Waals surface area contributed by atoms with Gasteiger partial charge >= 0.3 is 0 Å². The molecular weight excluding hydrogens is 464 g/mol. The normalized spacial score (nSPS) is 11.9.